The molecule has 2 rings (SSSR count). The summed E-state index contributed by atoms with van der Waals surface area (Å²) in [6, 6.07) is 8.35. The second-order valence-corrected chi connectivity index (χ2v) is 6.67. The van der Waals surface area contributed by atoms with E-state index in [0.29, 0.717) is 5.56 Å². The monoisotopic (exact) mass is 363 g/mol. The Bertz CT molecular complexity index is 934. The fourth-order valence-electron chi connectivity index (χ4n) is 2.18. The number of benzene rings is 2. The van der Waals surface area contributed by atoms with Crippen LogP contribution in [0, 0.1) is 17.0 Å². The third-order valence-corrected chi connectivity index (χ3v) is 4.78. The second kappa shape index (κ2) is 7.35. The number of nitro groups is 1. The highest BCUT2D eigenvalue weighted by Gasteiger charge is 2.24. The SMILES string of the molecule is C/C=C/c1ccc(OS(=O)(=O)c2cc([N+](=O)[O-])ccc2C)c(OC)c1. The number of aryl methyl sites for hydroxylation is 1. The fraction of sp³-hybridized carbons (Fsp3) is 0.176. The van der Waals surface area contributed by atoms with Gasteiger partial charge in [0.25, 0.3) is 5.69 Å². The molecule has 2 aromatic rings. The van der Waals surface area contributed by atoms with Crippen LogP contribution < -0.4 is 8.92 Å². The summed E-state index contributed by atoms with van der Waals surface area (Å²) in [5.74, 6) is 0.240. The molecule has 7 nitrogen and oxygen atoms in total. The van der Waals surface area contributed by atoms with Crippen LogP contribution in [0.25, 0.3) is 6.08 Å². The Morgan fingerprint density at radius 2 is 1.84 bits per heavy atom. The molecule has 0 saturated heterocycles. The van der Waals surface area contributed by atoms with E-state index in [1.807, 2.05) is 19.1 Å². The molecule has 25 heavy (non-hydrogen) atoms. The van der Waals surface area contributed by atoms with Crippen LogP contribution in [-0.4, -0.2) is 20.5 Å². The minimum Gasteiger partial charge on any atom is -0.493 e. The maximum Gasteiger partial charge on any atom is 0.339 e. The van der Waals surface area contributed by atoms with E-state index in [-0.39, 0.29) is 22.1 Å². The molecule has 0 fully saturated rings. The van der Waals surface area contributed by atoms with Crippen molar-refractivity contribution in [3.8, 4) is 11.5 Å². The van der Waals surface area contributed by atoms with Crippen molar-refractivity contribution in [1.82, 2.24) is 0 Å². The van der Waals surface area contributed by atoms with E-state index in [0.717, 1.165) is 11.6 Å². The molecule has 0 radical (unpaired) electrons. The first-order valence-corrected chi connectivity index (χ1v) is 8.69. The standard InChI is InChI=1S/C17H17NO6S/c1-4-5-13-7-9-15(16(10-13)23-3)24-25(21,22)17-11-14(18(19)20)8-6-12(17)2/h4-11H,1-3H3/b5-4+. The highest BCUT2D eigenvalue weighted by molar-refractivity contribution is 7.87. The minimum absolute atomic E-state index is 0.00154. The molecule has 0 aliphatic rings. The summed E-state index contributed by atoms with van der Waals surface area (Å²) >= 11 is 0. The Morgan fingerprint density at radius 1 is 1.12 bits per heavy atom. The van der Waals surface area contributed by atoms with Crippen molar-refractivity contribution in [3.63, 3.8) is 0 Å². The predicted molar refractivity (Wildman–Crippen MR) is 93.3 cm³/mol. The van der Waals surface area contributed by atoms with Crippen LogP contribution in [0.2, 0.25) is 0 Å². The molecule has 0 amide bonds. The van der Waals surface area contributed by atoms with Gasteiger partial charge in [0.2, 0.25) is 0 Å². The quantitative estimate of drug-likeness (QED) is 0.441. The number of ether oxygens (including phenoxy) is 1. The first-order valence-electron chi connectivity index (χ1n) is 7.28. The molecule has 0 spiro atoms. The van der Waals surface area contributed by atoms with Crippen molar-refractivity contribution in [2.45, 2.75) is 18.7 Å². The van der Waals surface area contributed by atoms with Gasteiger partial charge in [-0.1, -0.05) is 24.3 Å². The number of rotatable bonds is 6. The van der Waals surface area contributed by atoms with Gasteiger partial charge in [0.05, 0.1) is 12.0 Å². The lowest BCUT2D eigenvalue weighted by Crippen LogP contribution is -2.12. The van der Waals surface area contributed by atoms with Gasteiger partial charge in [0.15, 0.2) is 11.5 Å². The highest BCUT2D eigenvalue weighted by Crippen LogP contribution is 2.32. The number of nitro benzene ring substituents is 1. The zero-order valence-electron chi connectivity index (χ0n) is 13.9. The Balaban J connectivity index is 2.46. The topological polar surface area (TPSA) is 95.7 Å². The van der Waals surface area contributed by atoms with Crippen LogP contribution in [-0.2, 0) is 10.1 Å². The van der Waals surface area contributed by atoms with Gasteiger partial charge >= 0.3 is 10.1 Å². The molecule has 0 saturated carbocycles. The molecule has 8 heteroatoms. The number of hydrogen-bond donors (Lipinski definition) is 0. The smallest absolute Gasteiger partial charge is 0.339 e. The largest absolute Gasteiger partial charge is 0.493 e. The van der Waals surface area contributed by atoms with Gasteiger partial charge in [-0.2, -0.15) is 8.42 Å². The normalized spacial score (nSPS) is 11.5. The Morgan fingerprint density at radius 3 is 2.44 bits per heavy atom. The average molecular weight is 363 g/mol. The number of hydrogen-bond acceptors (Lipinski definition) is 6. The van der Waals surface area contributed by atoms with E-state index < -0.39 is 15.0 Å². The zero-order chi connectivity index (χ0) is 18.6. The molecular weight excluding hydrogens is 346 g/mol. The van der Waals surface area contributed by atoms with E-state index >= 15 is 0 Å². The predicted octanol–water partition coefficient (Wildman–Crippen LogP) is 3.71. The summed E-state index contributed by atoms with van der Waals surface area (Å²) in [6.45, 7) is 3.39. The second-order valence-electron chi connectivity index (χ2n) is 5.15. The molecule has 132 valence electrons. The first-order chi connectivity index (χ1) is 11.8. The lowest BCUT2D eigenvalue weighted by atomic mass is 10.2. The minimum atomic E-state index is -4.26. The molecule has 0 aliphatic carbocycles. The number of non-ortho nitro benzene ring substituents is 1. The summed E-state index contributed by atoms with van der Waals surface area (Å²) in [4.78, 5) is 9.97. The van der Waals surface area contributed by atoms with Crippen molar-refractivity contribution < 1.29 is 22.3 Å². The van der Waals surface area contributed by atoms with E-state index in [1.165, 1.54) is 32.2 Å². The molecule has 0 atom stereocenters. The van der Waals surface area contributed by atoms with E-state index in [1.54, 1.807) is 12.1 Å². The van der Waals surface area contributed by atoms with Crippen LogP contribution in [0.1, 0.15) is 18.1 Å². The van der Waals surface area contributed by atoms with Crippen molar-refractivity contribution in [2.24, 2.45) is 0 Å². The van der Waals surface area contributed by atoms with Gasteiger partial charge in [-0.05, 0) is 37.1 Å². The first kappa shape index (κ1) is 18.5. The van der Waals surface area contributed by atoms with E-state index in [4.69, 9.17) is 8.92 Å². The van der Waals surface area contributed by atoms with Gasteiger partial charge in [0, 0.05) is 12.1 Å². The molecule has 2 aromatic carbocycles. The number of nitrogens with zero attached hydrogens (tertiary/aromatic N) is 1. The summed E-state index contributed by atoms with van der Waals surface area (Å²) in [6.07, 6.45) is 3.66. The van der Waals surface area contributed by atoms with Crippen LogP contribution in [0.4, 0.5) is 5.69 Å². The number of allylic oxidation sites excluding steroid dienone is 1. The van der Waals surface area contributed by atoms with E-state index in [2.05, 4.69) is 0 Å². The molecule has 0 bridgehead atoms. The van der Waals surface area contributed by atoms with Gasteiger partial charge in [-0.25, -0.2) is 0 Å². The fourth-order valence-corrected chi connectivity index (χ4v) is 3.38. The van der Waals surface area contributed by atoms with Gasteiger partial charge in [-0.15, -0.1) is 0 Å². The van der Waals surface area contributed by atoms with Crippen LogP contribution >= 0.6 is 0 Å². The van der Waals surface area contributed by atoms with Crippen molar-refractivity contribution in [1.29, 1.82) is 0 Å². The van der Waals surface area contributed by atoms with Crippen molar-refractivity contribution in [2.75, 3.05) is 7.11 Å². The third-order valence-electron chi connectivity index (χ3n) is 3.40. The lowest BCUT2D eigenvalue weighted by Gasteiger charge is -2.12. The molecule has 0 heterocycles. The molecule has 0 aromatic heterocycles. The lowest BCUT2D eigenvalue weighted by molar-refractivity contribution is -0.385. The maximum absolute atomic E-state index is 12.6. The summed E-state index contributed by atoms with van der Waals surface area (Å²) < 4.78 is 35.5. The van der Waals surface area contributed by atoms with Crippen molar-refractivity contribution >= 4 is 21.9 Å². The van der Waals surface area contributed by atoms with E-state index in [9.17, 15) is 18.5 Å². The zero-order valence-corrected chi connectivity index (χ0v) is 14.7. The summed E-state index contributed by atoms with van der Waals surface area (Å²) in [5.41, 5.74) is 0.828. The molecule has 0 aliphatic heterocycles. The van der Waals surface area contributed by atoms with Crippen LogP contribution in [0.3, 0.4) is 0 Å². The maximum atomic E-state index is 12.6. The number of methoxy groups -OCH3 is 1. The van der Waals surface area contributed by atoms with Gasteiger partial charge in [0.1, 0.15) is 4.90 Å². The van der Waals surface area contributed by atoms with Crippen molar-refractivity contribution in [3.05, 3.63) is 63.7 Å². The van der Waals surface area contributed by atoms with Gasteiger partial charge < -0.3 is 8.92 Å². The average Bonchev–Trinajstić information content (AvgIpc) is 2.56. The van der Waals surface area contributed by atoms with Crippen LogP contribution in [0.15, 0.2) is 47.4 Å². The Kier molecular flexibility index (Phi) is 5.43. The Hall–Kier alpha value is -2.87. The summed E-state index contributed by atoms with van der Waals surface area (Å²) in [5, 5.41) is 10.9. The van der Waals surface area contributed by atoms with Crippen LogP contribution in [0.5, 0.6) is 11.5 Å². The summed E-state index contributed by atoms with van der Waals surface area (Å²) in [7, 11) is -2.86. The molecule has 0 unspecified atom stereocenters. The Labute approximate surface area is 145 Å². The van der Waals surface area contributed by atoms with Gasteiger partial charge in [-0.3, -0.25) is 10.1 Å². The highest BCUT2D eigenvalue weighted by atomic mass is 32.2. The molecular formula is C17H17NO6S. The third kappa shape index (κ3) is 4.16. The molecule has 0 N–H and O–H groups in total.